The zero-order chi connectivity index (χ0) is 12.0. The van der Waals surface area contributed by atoms with Crippen LogP contribution in [0.2, 0.25) is 0 Å². The molecule has 2 unspecified atom stereocenters. The number of hydrogen-bond acceptors (Lipinski definition) is 3. The number of carbonyl (C=O) groups is 1. The molecule has 0 aromatic heterocycles. The van der Waals surface area contributed by atoms with Crippen LogP contribution in [0.4, 0.5) is 0 Å². The summed E-state index contributed by atoms with van der Waals surface area (Å²) in [5, 5.41) is 9.67. The van der Waals surface area contributed by atoms with E-state index in [-0.39, 0.29) is 11.5 Å². The van der Waals surface area contributed by atoms with E-state index in [1.165, 1.54) is 0 Å². The van der Waals surface area contributed by atoms with Crippen LogP contribution in [0.15, 0.2) is 35.2 Å². The predicted molar refractivity (Wildman–Crippen MR) is 66.3 cm³/mol. The van der Waals surface area contributed by atoms with Crippen molar-refractivity contribution in [3.8, 4) is 0 Å². The zero-order valence-electron chi connectivity index (χ0n) is 8.88. The Morgan fingerprint density at radius 1 is 1.50 bits per heavy atom. The topological polar surface area (TPSA) is 37.3 Å². The van der Waals surface area contributed by atoms with E-state index < -0.39 is 15.0 Å². The van der Waals surface area contributed by atoms with Gasteiger partial charge in [0, 0.05) is 0 Å². The molecule has 5 heteroatoms. The molecule has 1 rings (SSSR count). The molecule has 1 aromatic carbocycles. The monoisotopic (exact) mass is 301 g/mol. The van der Waals surface area contributed by atoms with Crippen LogP contribution in [0.25, 0.3) is 0 Å². The van der Waals surface area contributed by atoms with Crippen molar-refractivity contribution >= 4 is 25.7 Å². The molecule has 1 N–H and O–H groups in total. The van der Waals surface area contributed by atoms with Crippen LogP contribution >= 0.6 is 20.6 Å². The van der Waals surface area contributed by atoms with Crippen molar-refractivity contribution in [2.75, 3.05) is 12.0 Å². The predicted octanol–water partition coefficient (Wildman–Crippen LogP) is 2.42. The van der Waals surface area contributed by atoms with E-state index in [9.17, 15) is 9.90 Å². The van der Waals surface area contributed by atoms with Crippen molar-refractivity contribution in [1.29, 1.82) is 0 Å². The number of aliphatic hydroxyl groups is 1. The van der Waals surface area contributed by atoms with Crippen molar-refractivity contribution in [2.45, 2.75) is 17.4 Å². The van der Waals surface area contributed by atoms with Crippen molar-refractivity contribution < 1.29 is 24.0 Å². The van der Waals surface area contributed by atoms with Gasteiger partial charge in [-0.05, 0) is 0 Å². The fourth-order valence-corrected chi connectivity index (χ4v) is 2.60. The SMILES string of the molecule is C[S](=[Co])C(=O)CC(O)CSc1ccccc1. The van der Waals surface area contributed by atoms with E-state index in [1.54, 1.807) is 18.0 Å². The van der Waals surface area contributed by atoms with E-state index in [0.29, 0.717) is 5.75 Å². The van der Waals surface area contributed by atoms with Gasteiger partial charge in [-0.15, -0.1) is 0 Å². The van der Waals surface area contributed by atoms with Crippen molar-refractivity contribution in [2.24, 2.45) is 0 Å². The molecule has 2 nitrogen and oxygen atoms in total. The molecule has 0 saturated heterocycles. The van der Waals surface area contributed by atoms with Crippen LogP contribution in [-0.2, 0) is 18.9 Å². The Morgan fingerprint density at radius 2 is 2.12 bits per heavy atom. The van der Waals surface area contributed by atoms with Gasteiger partial charge in [0.25, 0.3) is 0 Å². The summed E-state index contributed by atoms with van der Waals surface area (Å²) in [6.45, 7) is 0. The molecule has 0 bridgehead atoms. The van der Waals surface area contributed by atoms with Crippen LogP contribution in [-0.4, -0.2) is 28.3 Å². The average molecular weight is 301 g/mol. The van der Waals surface area contributed by atoms with Gasteiger partial charge in [-0.3, -0.25) is 0 Å². The number of thioether (sulfide) groups is 1. The molecule has 2 atom stereocenters. The van der Waals surface area contributed by atoms with Crippen molar-refractivity contribution in [3.05, 3.63) is 30.3 Å². The first-order valence-corrected chi connectivity index (χ1v) is 8.54. The minimum absolute atomic E-state index is 0.0150. The third kappa shape index (κ3) is 5.40. The molecule has 0 amide bonds. The maximum absolute atomic E-state index is 11.3. The molecule has 0 fully saturated rings. The fraction of sp³-hybridized carbons (Fsp3) is 0.364. The summed E-state index contributed by atoms with van der Waals surface area (Å²) >= 11 is 5.67. The molecule has 16 heavy (non-hydrogen) atoms. The van der Waals surface area contributed by atoms with Crippen LogP contribution < -0.4 is 0 Å². The van der Waals surface area contributed by atoms with Crippen molar-refractivity contribution in [3.63, 3.8) is 0 Å². The Kier molecular flexibility index (Phi) is 6.53. The zero-order valence-corrected chi connectivity index (χ0v) is 11.6. The molecule has 0 radical (unpaired) electrons. The summed E-state index contributed by atoms with van der Waals surface area (Å²) in [5.41, 5.74) is 0. The third-order valence-electron chi connectivity index (χ3n) is 1.89. The summed E-state index contributed by atoms with van der Waals surface area (Å²) in [7, 11) is -0.550. The summed E-state index contributed by atoms with van der Waals surface area (Å²) in [6.07, 6.45) is 1.36. The maximum atomic E-state index is 11.3. The van der Waals surface area contributed by atoms with Crippen LogP contribution in [0.5, 0.6) is 0 Å². The molecule has 0 spiro atoms. The van der Waals surface area contributed by atoms with E-state index in [2.05, 4.69) is 14.1 Å². The van der Waals surface area contributed by atoms with E-state index >= 15 is 0 Å². The normalized spacial score (nSPS) is 14.4. The van der Waals surface area contributed by atoms with Gasteiger partial charge in [0.15, 0.2) is 0 Å². The Balaban J connectivity index is 2.33. The summed E-state index contributed by atoms with van der Waals surface area (Å²) in [4.78, 5) is 12.4. The fourth-order valence-electron chi connectivity index (χ4n) is 1.07. The van der Waals surface area contributed by atoms with Gasteiger partial charge >= 0.3 is 110 Å². The van der Waals surface area contributed by atoms with Gasteiger partial charge in [-0.25, -0.2) is 0 Å². The second-order valence-corrected chi connectivity index (χ2v) is 7.54. The van der Waals surface area contributed by atoms with Gasteiger partial charge in [0.05, 0.1) is 0 Å². The van der Waals surface area contributed by atoms with Gasteiger partial charge in [-0.2, -0.15) is 0 Å². The van der Waals surface area contributed by atoms with Crippen LogP contribution in [0, 0.1) is 0 Å². The Hall–Kier alpha value is 0.0565. The second kappa shape index (κ2) is 7.40. The first-order chi connectivity index (χ1) is 7.59. The summed E-state index contributed by atoms with van der Waals surface area (Å²) in [6, 6.07) is 9.84. The first-order valence-electron chi connectivity index (χ1n) is 4.78. The van der Waals surface area contributed by atoms with E-state index in [1.807, 2.05) is 30.3 Å². The van der Waals surface area contributed by atoms with Crippen LogP contribution in [0.1, 0.15) is 6.42 Å². The second-order valence-electron chi connectivity index (χ2n) is 3.26. The van der Waals surface area contributed by atoms with E-state index in [4.69, 9.17) is 0 Å². The molecule has 0 aliphatic rings. The minimum atomic E-state index is -0.585. The van der Waals surface area contributed by atoms with Gasteiger partial charge in [-0.1, -0.05) is 0 Å². The Morgan fingerprint density at radius 3 is 2.69 bits per heavy atom. The Bertz CT molecular complexity index is 368. The van der Waals surface area contributed by atoms with Gasteiger partial charge < -0.3 is 0 Å². The molecule has 0 aliphatic carbocycles. The molecule has 0 aliphatic heterocycles. The number of aliphatic hydroxyl groups excluding tert-OH is 1. The van der Waals surface area contributed by atoms with Crippen molar-refractivity contribution in [1.82, 2.24) is 0 Å². The molecule has 0 saturated carbocycles. The number of benzene rings is 1. The standard InChI is InChI=1S/C11H14O2S2.Co/c1-14-11(13)7-9(12)8-15-10-5-3-2-4-6-10;/h2-6,9,12H,7-8H2,1H3;. The number of rotatable bonds is 5. The molecular weight excluding hydrogens is 287 g/mol. The number of carbonyl (C=O) groups excluding carboxylic acids is 1. The molecule has 1 aromatic rings. The Labute approximate surface area is 109 Å². The van der Waals surface area contributed by atoms with E-state index in [0.717, 1.165) is 4.90 Å². The molecular formula is C11H14CoO2S2. The quantitative estimate of drug-likeness (QED) is 0.849. The number of hydrogen-bond donors (Lipinski definition) is 1. The molecule has 91 valence electrons. The summed E-state index contributed by atoms with van der Waals surface area (Å²) in [5.74, 6) is 0.542. The third-order valence-corrected chi connectivity index (χ3v) is 4.53. The van der Waals surface area contributed by atoms with Gasteiger partial charge in [0.2, 0.25) is 0 Å². The average Bonchev–Trinajstić information content (AvgIpc) is 2.27. The first kappa shape index (κ1) is 14.1. The van der Waals surface area contributed by atoms with Crippen LogP contribution in [0.3, 0.4) is 0 Å². The molecule has 0 heterocycles. The van der Waals surface area contributed by atoms with Gasteiger partial charge in [0.1, 0.15) is 0 Å². The summed E-state index contributed by atoms with van der Waals surface area (Å²) < 4.78 is 0.